The Hall–Kier alpha value is -1.32. The molecule has 3 nitrogen and oxygen atoms in total. The lowest BCUT2D eigenvalue weighted by molar-refractivity contribution is 0.0908. The minimum Gasteiger partial charge on any atom is -0.361 e. The predicted octanol–water partition coefficient (Wildman–Crippen LogP) is 3.38. The second kappa shape index (κ2) is 6.73. The summed E-state index contributed by atoms with van der Waals surface area (Å²) in [5.74, 6) is 0.678. The van der Waals surface area contributed by atoms with Crippen LogP contribution < -0.4 is 5.32 Å². The molecule has 0 bridgehead atoms. The Labute approximate surface area is 115 Å². The zero-order valence-corrected chi connectivity index (χ0v) is 12.1. The number of para-hydroxylation sites is 1. The van der Waals surface area contributed by atoms with E-state index in [0.717, 1.165) is 19.7 Å². The van der Waals surface area contributed by atoms with Gasteiger partial charge in [-0.1, -0.05) is 32.0 Å². The SMILES string of the molecule is CCOCn1cc(CNCC(C)C)c2ccccc21. The van der Waals surface area contributed by atoms with E-state index in [0.29, 0.717) is 12.6 Å². The zero-order valence-electron chi connectivity index (χ0n) is 12.1. The molecule has 104 valence electrons. The molecule has 1 aromatic heterocycles. The molecule has 2 rings (SSSR count). The number of nitrogens with zero attached hydrogens (tertiary/aromatic N) is 1. The average Bonchev–Trinajstić information content (AvgIpc) is 2.75. The highest BCUT2D eigenvalue weighted by molar-refractivity contribution is 5.83. The van der Waals surface area contributed by atoms with Crippen molar-refractivity contribution in [1.29, 1.82) is 0 Å². The Balaban J connectivity index is 2.18. The van der Waals surface area contributed by atoms with Crippen LogP contribution in [0.4, 0.5) is 0 Å². The van der Waals surface area contributed by atoms with E-state index in [1.54, 1.807) is 0 Å². The third kappa shape index (κ3) is 3.58. The molecule has 0 saturated carbocycles. The van der Waals surface area contributed by atoms with E-state index in [4.69, 9.17) is 4.74 Å². The first-order valence-corrected chi connectivity index (χ1v) is 7.07. The van der Waals surface area contributed by atoms with Crippen LogP contribution in [0.25, 0.3) is 10.9 Å². The van der Waals surface area contributed by atoms with Crippen LogP contribution in [0.5, 0.6) is 0 Å². The van der Waals surface area contributed by atoms with Crippen molar-refractivity contribution >= 4 is 10.9 Å². The molecule has 19 heavy (non-hydrogen) atoms. The number of aromatic nitrogens is 1. The maximum atomic E-state index is 5.53. The highest BCUT2D eigenvalue weighted by atomic mass is 16.5. The summed E-state index contributed by atoms with van der Waals surface area (Å²) in [6.07, 6.45) is 2.20. The van der Waals surface area contributed by atoms with Crippen LogP contribution in [-0.4, -0.2) is 17.7 Å². The van der Waals surface area contributed by atoms with Crippen molar-refractivity contribution in [3.8, 4) is 0 Å². The van der Waals surface area contributed by atoms with E-state index >= 15 is 0 Å². The Kier molecular flexibility index (Phi) is 5.00. The molecule has 1 heterocycles. The second-order valence-electron chi connectivity index (χ2n) is 5.29. The molecule has 0 radical (unpaired) electrons. The second-order valence-corrected chi connectivity index (χ2v) is 5.29. The lowest BCUT2D eigenvalue weighted by Crippen LogP contribution is -2.18. The smallest absolute Gasteiger partial charge is 0.122 e. The monoisotopic (exact) mass is 260 g/mol. The summed E-state index contributed by atoms with van der Waals surface area (Å²) >= 11 is 0. The normalized spacial score (nSPS) is 11.6. The van der Waals surface area contributed by atoms with Crippen LogP contribution in [0.15, 0.2) is 30.5 Å². The van der Waals surface area contributed by atoms with Crippen LogP contribution in [0.2, 0.25) is 0 Å². The molecule has 0 unspecified atom stereocenters. The number of hydrogen-bond acceptors (Lipinski definition) is 2. The minimum absolute atomic E-state index is 0.626. The fraction of sp³-hybridized carbons (Fsp3) is 0.500. The Morgan fingerprint density at radius 2 is 2.05 bits per heavy atom. The summed E-state index contributed by atoms with van der Waals surface area (Å²) in [5.41, 5.74) is 2.59. The van der Waals surface area contributed by atoms with Crippen molar-refractivity contribution in [1.82, 2.24) is 9.88 Å². The molecule has 2 aromatic rings. The van der Waals surface area contributed by atoms with Gasteiger partial charge in [0, 0.05) is 24.7 Å². The molecule has 0 atom stereocenters. The largest absolute Gasteiger partial charge is 0.361 e. The summed E-state index contributed by atoms with van der Waals surface area (Å²) in [6.45, 7) is 9.81. The van der Waals surface area contributed by atoms with Gasteiger partial charge in [-0.05, 0) is 31.0 Å². The average molecular weight is 260 g/mol. The highest BCUT2D eigenvalue weighted by Crippen LogP contribution is 2.21. The number of fused-ring (bicyclic) bond motifs is 1. The molecule has 0 aliphatic carbocycles. The number of hydrogen-bond donors (Lipinski definition) is 1. The van der Waals surface area contributed by atoms with E-state index in [9.17, 15) is 0 Å². The molecule has 1 aromatic carbocycles. The van der Waals surface area contributed by atoms with Gasteiger partial charge in [0.15, 0.2) is 0 Å². The molecule has 0 aliphatic rings. The highest BCUT2D eigenvalue weighted by Gasteiger charge is 2.07. The summed E-state index contributed by atoms with van der Waals surface area (Å²) in [4.78, 5) is 0. The quantitative estimate of drug-likeness (QED) is 0.826. The van der Waals surface area contributed by atoms with Crippen molar-refractivity contribution in [2.45, 2.75) is 34.0 Å². The molecule has 0 spiro atoms. The molecule has 0 fully saturated rings. The van der Waals surface area contributed by atoms with Crippen molar-refractivity contribution in [3.05, 3.63) is 36.0 Å². The van der Waals surface area contributed by atoms with Gasteiger partial charge >= 0.3 is 0 Å². The predicted molar refractivity (Wildman–Crippen MR) is 80.1 cm³/mol. The molecular weight excluding hydrogens is 236 g/mol. The van der Waals surface area contributed by atoms with Gasteiger partial charge in [-0.25, -0.2) is 0 Å². The first-order chi connectivity index (χ1) is 9.22. The fourth-order valence-electron chi connectivity index (χ4n) is 2.26. The van der Waals surface area contributed by atoms with Gasteiger partial charge in [0.2, 0.25) is 0 Å². The Morgan fingerprint density at radius 1 is 1.26 bits per heavy atom. The van der Waals surface area contributed by atoms with E-state index in [-0.39, 0.29) is 0 Å². The maximum Gasteiger partial charge on any atom is 0.122 e. The van der Waals surface area contributed by atoms with Crippen LogP contribution in [-0.2, 0) is 18.0 Å². The fourth-order valence-corrected chi connectivity index (χ4v) is 2.26. The molecular formula is C16H24N2O. The van der Waals surface area contributed by atoms with E-state index in [2.05, 4.69) is 54.2 Å². The van der Waals surface area contributed by atoms with Gasteiger partial charge < -0.3 is 14.6 Å². The van der Waals surface area contributed by atoms with Crippen LogP contribution in [0.3, 0.4) is 0 Å². The summed E-state index contributed by atoms with van der Waals surface area (Å²) in [6, 6.07) is 8.51. The van der Waals surface area contributed by atoms with Crippen molar-refractivity contribution in [2.24, 2.45) is 5.92 Å². The van der Waals surface area contributed by atoms with Crippen molar-refractivity contribution in [2.75, 3.05) is 13.2 Å². The molecule has 0 aliphatic heterocycles. The van der Waals surface area contributed by atoms with E-state index < -0.39 is 0 Å². The van der Waals surface area contributed by atoms with Gasteiger partial charge in [0.1, 0.15) is 6.73 Å². The van der Waals surface area contributed by atoms with Gasteiger partial charge in [-0.15, -0.1) is 0 Å². The first kappa shape index (κ1) is 14.1. The summed E-state index contributed by atoms with van der Waals surface area (Å²) in [5, 5.41) is 4.83. The van der Waals surface area contributed by atoms with Gasteiger partial charge in [-0.3, -0.25) is 0 Å². The Morgan fingerprint density at radius 3 is 2.79 bits per heavy atom. The topological polar surface area (TPSA) is 26.2 Å². The van der Waals surface area contributed by atoms with E-state index in [1.165, 1.54) is 16.5 Å². The molecule has 0 saturated heterocycles. The van der Waals surface area contributed by atoms with Gasteiger partial charge in [0.25, 0.3) is 0 Å². The maximum absolute atomic E-state index is 5.53. The third-order valence-corrected chi connectivity index (χ3v) is 3.17. The first-order valence-electron chi connectivity index (χ1n) is 7.07. The van der Waals surface area contributed by atoms with Crippen LogP contribution in [0, 0.1) is 5.92 Å². The van der Waals surface area contributed by atoms with Crippen LogP contribution >= 0.6 is 0 Å². The van der Waals surface area contributed by atoms with E-state index in [1.807, 2.05) is 6.92 Å². The van der Waals surface area contributed by atoms with Gasteiger partial charge in [-0.2, -0.15) is 0 Å². The number of rotatable bonds is 7. The lowest BCUT2D eigenvalue weighted by Gasteiger charge is -2.06. The van der Waals surface area contributed by atoms with Crippen molar-refractivity contribution in [3.63, 3.8) is 0 Å². The molecule has 0 amide bonds. The number of nitrogens with one attached hydrogen (secondary N) is 1. The standard InChI is InChI=1S/C16H24N2O/c1-4-19-12-18-11-14(10-17-9-13(2)3)15-7-5-6-8-16(15)18/h5-8,11,13,17H,4,9-10,12H2,1-3H3. The van der Waals surface area contributed by atoms with Crippen molar-refractivity contribution < 1.29 is 4.74 Å². The number of benzene rings is 1. The summed E-state index contributed by atoms with van der Waals surface area (Å²) in [7, 11) is 0. The Bertz CT molecular complexity index is 516. The minimum atomic E-state index is 0.626. The van der Waals surface area contributed by atoms with Gasteiger partial charge in [0.05, 0.1) is 5.52 Å². The lowest BCUT2D eigenvalue weighted by atomic mass is 10.1. The number of ether oxygens (including phenoxy) is 1. The molecule has 1 N–H and O–H groups in total. The zero-order chi connectivity index (χ0) is 13.7. The third-order valence-electron chi connectivity index (χ3n) is 3.17. The summed E-state index contributed by atoms with van der Waals surface area (Å²) < 4.78 is 7.71. The van der Waals surface area contributed by atoms with Crippen LogP contribution in [0.1, 0.15) is 26.3 Å². The molecule has 3 heteroatoms.